The first-order valence-corrected chi connectivity index (χ1v) is 15.7. The summed E-state index contributed by atoms with van der Waals surface area (Å²) in [6.45, 7) is 7.46. The second-order valence-electron chi connectivity index (χ2n) is 9.66. The maximum absolute atomic E-state index is 12.4. The normalized spacial score (nSPS) is 12.2. The molecule has 0 spiro atoms. The van der Waals surface area contributed by atoms with E-state index in [0.717, 1.165) is 11.6 Å². The monoisotopic (exact) mass is 529 g/mol. The van der Waals surface area contributed by atoms with Gasteiger partial charge in [-0.1, -0.05) is 73.7 Å². The van der Waals surface area contributed by atoms with Crippen molar-refractivity contribution in [1.29, 1.82) is 0 Å². The van der Waals surface area contributed by atoms with Crippen molar-refractivity contribution in [2.75, 3.05) is 19.0 Å². The molecule has 0 bridgehead atoms. The summed E-state index contributed by atoms with van der Waals surface area (Å²) in [6, 6.07) is 17.3. The number of methoxy groups -OCH3 is 1. The Morgan fingerprint density at radius 1 is 1.11 bits per heavy atom. The van der Waals surface area contributed by atoms with Gasteiger partial charge in [-0.15, -0.1) is 0 Å². The Morgan fingerprint density at radius 2 is 1.78 bits per heavy atom. The largest absolute Gasteiger partial charge is 0.481 e. The number of nitrogens with one attached hydrogen (secondary N) is 1. The molecule has 1 atom stereocenters. The molecule has 1 unspecified atom stereocenters. The summed E-state index contributed by atoms with van der Waals surface area (Å²) in [4.78, 5) is 28.5. The van der Waals surface area contributed by atoms with Crippen molar-refractivity contribution in [3.05, 3.63) is 71.1 Å². The van der Waals surface area contributed by atoms with Crippen LogP contribution in [0.1, 0.15) is 17.3 Å². The summed E-state index contributed by atoms with van der Waals surface area (Å²) in [5, 5.41) is 13.0. The van der Waals surface area contributed by atoms with Crippen LogP contribution >= 0.6 is 11.6 Å². The van der Waals surface area contributed by atoms with Gasteiger partial charge >= 0.3 is 12.1 Å². The molecule has 0 aliphatic carbocycles. The molecule has 0 fully saturated rings. The Hall–Kier alpha value is -3.14. The number of carbonyl (C=O) groups excluding carboxylic acids is 1. The average molecular weight is 530 g/mol. The Balaban J connectivity index is 1.96. The molecule has 2 N–H and O–H groups in total. The predicted molar refractivity (Wildman–Crippen MR) is 143 cm³/mol. The van der Waals surface area contributed by atoms with Crippen LogP contribution in [-0.4, -0.2) is 48.5 Å². The quantitative estimate of drug-likeness (QED) is 0.229. The second kappa shape index (κ2) is 12.2. The smallest absolute Gasteiger partial charge is 0.411 e. The van der Waals surface area contributed by atoms with E-state index in [1.165, 1.54) is 7.11 Å². The second-order valence-corrected chi connectivity index (χ2v) is 15.6. The first-order valence-electron chi connectivity index (χ1n) is 11.6. The van der Waals surface area contributed by atoms with Crippen LogP contribution in [0.25, 0.3) is 11.3 Å². The van der Waals surface area contributed by atoms with Gasteiger partial charge in [-0.3, -0.25) is 14.7 Å². The van der Waals surface area contributed by atoms with Crippen molar-refractivity contribution < 1.29 is 24.2 Å². The van der Waals surface area contributed by atoms with Crippen LogP contribution in [0.3, 0.4) is 0 Å². The summed E-state index contributed by atoms with van der Waals surface area (Å²) < 4.78 is 12.2. The number of carboxylic acids is 1. The molecule has 3 rings (SSSR count). The van der Waals surface area contributed by atoms with Gasteiger partial charge in [-0.05, 0) is 30.2 Å². The third-order valence-electron chi connectivity index (χ3n) is 5.63. The van der Waals surface area contributed by atoms with Crippen LogP contribution in [-0.2, 0) is 27.4 Å². The minimum Gasteiger partial charge on any atom is -0.481 e. The molecule has 0 aliphatic rings. The maximum atomic E-state index is 12.4. The van der Waals surface area contributed by atoms with E-state index < -0.39 is 26.1 Å². The lowest BCUT2D eigenvalue weighted by molar-refractivity contribution is -0.139. The van der Waals surface area contributed by atoms with E-state index in [4.69, 9.17) is 21.3 Å². The fraction of sp³-hybridized carbons (Fsp3) is 0.346. The number of carbonyl (C=O) groups is 2. The molecule has 10 heteroatoms. The number of halogens is 1. The minimum atomic E-state index is -1.30. The zero-order chi connectivity index (χ0) is 26.3. The average Bonchev–Trinajstić information content (AvgIpc) is 3.16. The minimum absolute atomic E-state index is 0.103. The Morgan fingerprint density at radius 3 is 2.36 bits per heavy atom. The number of imidazole rings is 1. The number of hydrogen-bond donors (Lipinski definition) is 2. The summed E-state index contributed by atoms with van der Waals surface area (Å²) in [6.07, 6.45) is -0.312. The molecule has 1 aromatic heterocycles. The number of nitrogens with zero attached hydrogens (tertiary/aromatic N) is 2. The Labute approximate surface area is 217 Å². The van der Waals surface area contributed by atoms with Crippen molar-refractivity contribution in [1.82, 2.24) is 9.55 Å². The van der Waals surface area contributed by atoms with Gasteiger partial charge in [0.25, 0.3) is 0 Å². The predicted octanol–water partition coefficient (Wildman–Crippen LogP) is 6.11. The fourth-order valence-electron chi connectivity index (χ4n) is 3.58. The lowest BCUT2D eigenvalue weighted by Crippen LogP contribution is -2.23. The van der Waals surface area contributed by atoms with Crippen LogP contribution in [0.2, 0.25) is 30.8 Å². The SMILES string of the molecule is COC(=O)Nc1ccc(-c2nc(C(Cc3ccccc3)C(=O)O)n(COCC[Si](C)(C)C)c2Cl)cc1. The molecule has 2 aromatic carbocycles. The van der Waals surface area contributed by atoms with Crippen molar-refractivity contribution in [3.63, 3.8) is 0 Å². The van der Waals surface area contributed by atoms with Crippen molar-refractivity contribution in [2.24, 2.45) is 0 Å². The number of amides is 1. The van der Waals surface area contributed by atoms with Crippen LogP contribution < -0.4 is 5.32 Å². The summed E-state index contributed by atoms with van der Waals surface area (Å²) >= 11 is 6.78. The zero-order valence-electron chi connectivity index (χ0n) is 21.0. The fourth-order valence-corrected chi connectivity index (χ4v) is 4.62. The van der Waals surface area contributed by atoms with Gasteiger partial charge in [0.15, 0.2) is 0 Å². The van der Waals surface area contributed by atoms with Crippen molar-refractivity contribution >= 4 is 37.4 Å². The zero-order valence-corrected chi connectivity index (χ0v) is 22.7. The highest BCUT2D eigenvalue weighted by Crippen LogP contribution is 2.33. The lowest BCUT2D eigenvalue weighted by Gasteiger charge is -2.18. The highest BCUT2D eigenvalue weighted by atomic mass is 35.5. The van der Waals surface area contributed by atoms with E-state index in [9.17, 15) is 14.7 Å². The van der Waals surface area contributed by atoms with Crippen LogP contribution in [0, 0.1) is 0 Å². The standard InChI is InChI=1S/C26H32ClN3O5Si/c1-34-26(33)28-20-12-10-19(11-13-20)22-23(27)30(17-35-14-15-36(2,3)4)24(29-22)21(25(31)32)16-18-8-6-5-7-9-18/h5-13,21H,14-17H2,1-4H3,(H,28,33)(H,31,32). The molecule has 0 saturated heterocycles. The molecular weight excluding hydrogens is 498 g/mol. The molecule has 0 saturated carbocycles. The number of aromatic nitrogens is 2. The molecule has 36 heavy (non-hydrogen) atoms. The van der Waals surface area contributed by atoms with Gasteiger partial charge in [0.05, 0.1) is 7.11 Å². The van der Waals surface area contributed by atoms with E-state index in [1.54, 1.807) is 28.8 Å². The van der Waals surface area contributed by atoms with Gasteiger partial charge in [0, 0.05) is 25.9 Å². The molecule has 0 aliphatic heterocycles. The van der Waals surface area contributed by atoms with Crippen molar-refractivity contribution in [2.45, 2.75) is 44.8 Å². The highest BCUT2D eigenvalue weighted by molar-refractivity contribution is 6.76. The van der Waals surface area contributed by atoms with Gasteiger partial charge in [-0.2, -0.15) is 0 Å². The molecule has 192 valence electrons. The number of rotatable bonds is 11. The van der Waals surface area contributed by atoms with Gasteiger partial charge in [0.2, 0.25) is 0 Å². The third kappa shape index (κ3) is 7.43. The van der Waals surface area contributed by atoms with E-state index in [1.807, 2.05) is 30.3 Å². The van der Waals surface area contributed by atoms with Crippen molar-refractivity contribution in [3.8, 4) is 11.3 Å². The van der Waals surface area contributed by atoms with Crippen LogP contribution in [0.5, 0.6) is 0 Å². The summed E-state index contributed by atoms with van der Waals surface area (Å²) in [5.74, 6) is -1.58. The third-order valence-corrected chi connectivity index (χ3v) is 7.72. The molecule has 0 radical (unpaired) electrons. The molecule has 8 nitrogen and oxygen atoms in total. The first kappa shape index (κ1) is 27.4. The molecule has 3 aromatic rings. The van der Waals surface area contributed by atoms with E-state index >= 15 is 0 Å². The summed E-state index contributed by atoms with van der Waals surface area (Å²) in [7, 11) is -0.00722. The summed E-state index contributed by atoms with van der Waals surface area (Å²) in [5.41, 5.74) is 2.56. The molecule has 1 heterocycles. The number of carboxylic acid groups (broad SMARTS) is 1. The van der Waals surface area contributed by atoms with Gasteiger partial charge in [-0.25, -0.2) is 9.78 Å². The number of ether oxygens (including phenoxy) is 2. The van der Waals surface area contributed by atoms with E-state index in [0.29, 0.717) is 34.5 Å². The highest BCUT2D eigenvalue weighted by Gasteiger charge is 2.29. The molecular formula is C26H32ClN3O5Si. The van der Waals surface area contributed by atoms with Crippen LogP contribution in [0.4, 0.5) is 10.5 Å². The number of benzene rings is 2. The number of aliphatic carboxylic acids is 1. The van der Waals surface area contributed by atoms with Crippen LogP contribution in [0.15, 0.2) is 54.6 Å². The van der Waals surface area contributed by atoms with Gasteiger partial charge in [0.1, 0.15) is 29.3 Å². The first-order chi connectivity index (χ1) is 17.1. The number of anilines is 1. The van der Waals surface area contributed by atoms with E-state index in [-0.39, 0.29) is 13.2 Å². The maximum Gasteiger partial charge on any atom is 0.411 e. The lowest BCUT2D eigenvalue weighted by atomic mass is 9.98. The van der Waals surface area contributed by atoms with E-state index in [2.05, 4.69) is 29.7 Å². The number of hydrogen-bond acceptors (Lipinski definition) is 5. The molecule has 1 amide bonds. The Kier molecular flexibility index (Phi) is 9.30. The van der Waals surface area contributed by atoms with Gasteiger partial charge < -0.3 is 14.6 Å². The Bertz CT molecular complexity index is 1180. The topological polar surface area (TPSA) is 103 Å².